The maximum Gasteiger partial charge on any atom is 0 e. The molecule has 6 heavy (non-hydrogen) atoms. The van der Waals surface area contributed by atoms with Gasteiger partial charge in [-0.2, -0.15) is 0 Å². The second kappa shape index (κ2) is 3.04. The van der Waals surface area contributed by atoms with Gasteiger partial charge in [0, 0.05) is 27.3 Å². The molecule has 36 valence electrons. The Labute approximate surface area is 56.7 Å². The minimum Gasteiger partial charge on any atom is 0 e. The van der Waals surface area contributed by atoms with Crippen molar-refractivity contribution in [2.24, 2.45) is 0 Å². The van der Waals surface area contributed by atoms with E-state index in [0.29, 0.717) is 0 Å². The molecule has 0 saturated carbocycles. The van der Waals surface area contributed by atoms with Gasteiger partial charge >= 0.3 is 29.5 Å². The van der Waals surface area contributed by atoms with E-state index in [2.05, 4.69) is 0 Å². The molecule has 6 heteroatoms. The summed E-state index contributed by atoms with van der Waals surface area (Å²) in [7, 11) is 0. The molecule has 4 nitrogen and oxygen atoms in total. The summed E-state index contributed by atoms with van der Waals surface area (Å²) in [4.78, 5) is 0. The normalized spacial score (nSPS) is 9.67. The molecule has 0 rings (SSSR count). The second-order valence-corrected chi connectivity index (χ2v) is 1.85. The van der Waals surface area contributed by atoms with E-state index in [-0.39, 0.29) is 27.3 Å². The first-order chi connectivity index (χ1) is 2.00. The summed E-state index contributed by atoms with van der Waals surface area (Å²) in [5.41, 5.74) is 0. The summed E-state index contributed by atoms with van der Waals surface area (Å²) < 4.78 is 31.9. The summed E-state index contributed by atoms with van der Waals surface area (Å²) in [5.74, 6) is 0. The van der Waals surface area contributed by atoms with Gasteiger partial charge in [0.05, 0.1) is 0 Å². The van der Waals surface area contributed by atoms with Crippen molar-refractivity contribution >= 4 is 27.3 Å². The molecule has 0 atom stereocenters. The van der Waals surface area contributed by atoms with Gasteiger partial charge in [-0.3, -0.25) is 0 Å². The van der Waals surface area contributed by atoms with E-state index in [0.717, 1.165) is 0 Å². The SMILES string of the molecule is [O]=[Cr](=[O])([OH])[OH].[Pb]. The molecule has 0 amide bonds. The smallest absolute Gasteiger partial charge is 0 e. The van der Waals surface area contributed by atoms with Crippen LogP contribution in [0.1, 0.15) is 0 Å². The summed E-state index contributed by atoms with van der Waals surface area (Å²) in [6.45, 7) is 0. The van der Waals surface area contributed by atoms with E-state index < -0.39 is 13.6 Å². The first kappa shape index (κ1) is 10.1. The van der Waals surface area contributed by atoms with Gasteiger partial charge in [0.25, 0.3) is 0 Å². The van der Waals surface area contributed by atoms with Crippen LogP contribution in [0.15, 0.2) is 0 Å². The van der Waals surface area contributed by atoms with Crippen molar-refractivity contribution in [3.05, 3.63) is 0 Å². The molecule has 0 heterocycles. The summed E-state index contributed by atoms with van der Waals surface area (Å²) in [6.07, 6.45) is 0. The molecule has 0 aliphatic heterocycles. The van der Waals surface area contributed by atoms with Crippen LogP contribution in [0.3, 0.4) is 0 Å². The van der Waals surface area contributed by atoms with Crippen LogP contribution in [0.25, 0.3) is 0 Å². The maximum atomic E-state index is 8.82. The van der Waals surface area contributed by atoms with Crippen molar-refractivity contribution in [2.75, 3.05) is 0 Å². The van der Waals surface area contributed by atoms with Crippen molar-refractivity contribution < 1.29 is 29.5 Å². The van der Waals surface area contributed by atoms with Gasteiger partial charge in [-0.1, -0.05) is 0 Å². The van der Waals surface area contributed by atoms with E-state index in [9.17, 15) is 0 Å². The topological polar surface area (TPSA) is 74.6 Å². The Kier molecular flexibility index (Phi) is 5.10. The molecule has 0 aliphatic rings. The Morgan fingerprint density at radius 2 is 1.17 bits per heavy atom. The third-order valence-corrected chi connectivity index (χ3v) is 0. The van der Waals surface area contributed by atoms with Crippen LogP contribution in [-0.4, -0.2) is 35.6 Å². The molecule has 0 aromatic heterocycles. The molecule has 0 spiro atoms. The predicted molar refractivity (Wildman–Crippen MR) is 11.6 cm³/mol. The van der Waals surface area contributed by atoms with E-state index in [1.165, 1.54) is 0 Å². The zero-order chi connectivity index (χ0) is 4.50. The van der Waals surface area contributed by atoms with Gasteiger partial charge in [0.15, 0.2) is 0 Å². The van der Waals surface area contributed by atoms with Crippen LogP contribution >= 0.6 is 0 Å². The van der Waals surface area contributed by atoms with Gasteiger partial charge in [-0.05, 0) is 0 Å². The Morgan fingerprint density at radius 3 is 1.17 bits per heavy atom. The molecular formula is H2CrO4Pb. The Balaban J connectivity index is 0. The zero-order valence-corrected chi connectivity index (χ0v) is 7.78. The Hall–Kier alpha value is 0.975. The van der Waals surface area contributed by atoms with Crippen LogP contribution in [-0.2, 0) is 21.2 Å². The van der Waals surface area contributed by atoms with Gasteiger partial charge in [0.2, 0.25) is 0 Å². The molecule has 0 aromatic rings. The van der Waals surface area contributed by atoms with Crippen LogP contribution < -0.4 is 0 Å². The maximum absolute atomic E-state index is 8.82. The fraction of sp³-hybridized carbons (Fsp3) is 0. The van der Waals surface area contributed by atoms with Gasteiger partial charge in [0.1, 0.15) is 0 Å². The van der Waals surface area contributed by atoms with E-state index in [1.807, 2.05) is 0 Å². The Morgan fingerprint density at radius 1 is 1.17 bits per heavy atom. The first-order valence-electron chi connectivity index (χ1n) is 0.698. The molecule has 0 saturated heterocycles. The number of hydrogen-bond acceptors (Lipinski definition) is 2. The van der Waals surface area contributed by atoms with Crippen LogP contribution in [0, 0.1) is 0 Å². The monoisotopic (exact) mass is 326 g/mol. The number of rotatable bonds is 0. The molecule has 4 radical (unpaired) electrons. The quantitative estimate of drug-likeness (QED) is 0.519. The molecule has 0 unspecified atom stereocenters. The predicted octanol–water partition coefficient (Wildman–Crippen LogP) is -1.73. The van der Waals surface area contributed by atoms with Crippen molar-refractivity contribution in [3.8, 4) is 0 Å². The number of hydrogen-bond donors (Lipinski definition) is 2. The van der Waals surface area contributed by atoms with Crippen LogP contribution in [0.2, 0.25) is 0 Å². The zero-order valence-electron chi connectivity index (χ0n) is 2.62. The van der Waals surface area contributed by atoms with E-state index >= 15 is 0 Å². The minimum absolute atomic E-state index is 0. The standard InChI is InChI=1S/Cr.2H2O.2O.Pb/h;2*1H2;;;/q+2;;;;;/p-2. The molecule has 0 fully saturated rings. The first-order valence-corrected chi connectivity index (χ1v) is 2.88. The fourth-order valence-corrected chi connectivity index (χ4v) is 0. The molecule has 2 N–H and O–H groups in total. The van der Waals surface area contributed by atoms with Crippen molar-refractivity contribution in [2.45, 2.75) is 0 Å². The van der Waals surface area contributed by atoms with Gasteiger partial charge in [-0.15, -0.1) is 0 Å². The van der Waals surface area contributed by atoms with Crippen molar-refractivity contribution in [1.82, 2.24) is 0 Å². The Bertz CT molecular complexity index is 90.7. The summed E-state index contributed by atoms with van der Waals surface area (Å²) in [5, 5.41) is 0. The second-order valence-electron chi connectivity index (χ2n) is 0.448. The molecule has 0 aliphatic carbocycles. The van der Waals surface area contributed by atoms with Crippen LogP contribution in [0.4, 0.5) is 0 Å². The average Bonchev–Trinajstić information content (AvgIpc) is 0.722. The average molecular weight is 325 g/mol. The summed E-state index contributed by atoms with van der Waals surface area (Å²) >= 11 is -5.25. The van der Waals surface area contributed by atoms with Gasteiger partial charge < -0.3 is 0 Å². The minimum atomic E-state index is -5.25. The van der Waals surface area contributed by atoms with Gasteiger partial charge in [-0.25, -0.2) is 0 Å². The van der Waals surface area contributed by atoms with E-state index in [4.69, 9.17) is 15.9 Å². The fourth-order valence-electron chi connectivity index (χ4n) is 0. The summed E-state index contributed by atoms with van der Waals surface area (Å²) in [6, 6.07) is 0. The third kappa shape index (κ3) is 82.7. The largest absolute Gasteiger partial charge is 0 e. The molecular weight excluding hydrogens is 323 g/mol. The van der Waals surface area contributed by atoms with Crippen molar-refractivity contribution in [3.63, 3.8) is 0 Å². The molecule has 0 bridgehead atoms. The van der Waals surface area contributed by atoms with E-state index in [1.54, 1.807) is 0 Å². The third-order valence-electron chi connectivity index (χ3n) is 0. The molecule has 0 aromatic carbocycles. The van der Waals surface area contributed by atoms with Crippen LogP contribution in [0.5, 0.6) is 0 Å². The van der Waals surface area contributed by atoms with Crippen molar-refractivity contribution in [1.29, 1.82) is 0 Å².